The van der Waals surface area contributed by atoms with Crippen LogP contribution in [0.2, 0.25) is 0 Å². The Morgan fingerprint density at radius 1 is 1.75 bits per heavy atom. The molecule has 0 saturated heterocycles. The number of hydrogen-bond acceptors (Lipinski definition) is 2. The van der Waals surface area contributed by atoms with Gasteiger partial charge in [0.1, 0.15) is 8.66 Å². The van der Waals surface area contributed by atoms with E-state index in [2.05, 4.69) is 5.32 Å². The Morgan fingerprint density at radius 2 is 2.25 bits per heavy atom. The molecule has 3 nitrogen and oxygen atoms in total. The van der Waals surface area contributed by atoms with Gasteiger partial charge in [0, 0.05) is 0 Å². The first kappa shape index (κ1) is 8.89. The number of aliphatic hydroxyl groups excluding tert-OH is 1. The van der Waals surface area contributed by atoms with Gasteiger partial charge in [-0.3, -0.25) is 4.79 Å². The molecule has 5 heteroatoms. The van der Waals surface area contributed by atoms with E-state index in [4.69, 9.17) is 5.11 Å². The highest BCUT2D eigenvalue weighted by Gasteiger charge is 2.06. The van der Waals surface area contributed by atoms with E-state index in [1.807, 2.05) is 45.2 Å². The molecular weight excluding hydrogens is 336 g/mol. The quantitative estimate of drug-likeness (QED) is 0.430. The Morgan fingerprint density at radius 3 is 2.38 bits per heavy atom. The van der Waals surface area contributed by atoms with Gasteiger partial charge >= 0.3 is 0 Å². The lowest BCUT2D eigenvalue weighted by Crippen LogP contribution is -2.28. The standard InChI is InChI=1S/C3H5I2NO2/c4-2(5)3(8)6-1-7/h2,7H,1H2,(H,6,8). The molecule has 0 aliphatic carbocycles. The second-order valence-corrected chi connectivity index (χ2v) is 5.87. The number of amides is 1. The number of aliphatic hydroxyl groups is 1. The van der Waals surface area contributed by atoms with Crippen molar-refractivity contribution in [1.29, 1.82) is 0 Å². The summed E-state index contributed by atoms with van der Waals surface area (Å²) in [6.07, 6.45) is 0. The van der Waals surface area contributed by atoms with E-state index < -0.39 is 0 Å². The molecule has 0 aliphatic rings. The van der Waals surface area contributed by atoms with Crippen molar-refractivity contribution in [2.45, 2.75) is 1.93 Å². The molecule has 0 aromatic heterocycles. The molecule has 0 atom stereocenters. The fourth-order valence-electron chi connectivity index (χ4n) is 0.155. The molecule has 0 radical (unpaired) electrons. The topological polar surface area (TPSA) is 49.3 Å². The van der Waals surface area contributed by atoms with Crippen molar-refractivity contribution in [3.63, 3.8) is 0 Å². The maximum Gasteiger partial charge on any atom is 0.244 e. The summed E-state index contributed by atoms with van der Waals surface area (Å²) in [7, 11) is 0. The third-order valence-corrected chi connectivity index (χ3v) is 1.58. The van der Waals surface area contributed by atoms with Gasteiger partial charge in [-0.05, 0) is 0 Å². The molecule has 0 bridgehead atoms. The lowest BCUT2D eigenvalue weighted by molar-refractivity contribution is -0.119. The zero-order valence-electron chi connectivity index (χ0n) is 3.90. The van der Waals surface area contributed by atoms with E-state index in [-0.39, 0.29) is 14.6 Å². The summed E-state index contributed by atoms with van der Waals surface area (Å²) < 4.78 is -0.0997. The Bertz CT molecular complexity index is 85.4. The normalized spacial score (nSPS) is 9.50. The minimum Gasteiger partial charge on any atom is -0.376 e. The van der Waals surface area contributed by atoms with Crippen LogP contribution in [0.25, 0.3) is 0 Å². The summed E-state index contributed by atoms with van der Waals surface area (Å²) >= 11 is 3.91. The molecule has 0 unspecified atom stereocenters. The Hall–Kier alpha value is 0.890. The zero-order chi connectivity index (χ0) is 6.57. The summed E-state index contributed by atoms with van der Waals surface area (Å²) in [5.74, 6) is -0.145. The molecular formula is C3H5I2NO2. The highest BCUT2D eigenvalue weighted by Crippen LogP contribution is 2.08. The smallest absolute Gasteiger partial charge is 0.244 e. The van der Waals surface area contributed by atoms with Crippen LogP contribution in [0.5, 0.6) is 0 Å². The minimum absolute atomic E-state index is 0.0997. The third kappa shape index (κ3) is 3.84. The summed E-state index contributed by atoms with van der Waals surface area (Å²) in [5, 5.41) is 10.4. The Balaban J connectivity index is 3.33. The van der Waals surface area contributed by atoms with Crippen LogP contribution in [-0.2, 0) is 4.79 Å². The number of halogens is 2. The van der Waals surface area contributed by atoms with Crippen LogP contribution >= 0.6 is 45.2 Å². The molecule has 8 heavy (non-hydrogen) atoms. The van der Waals surface area contributed by atoms with Crippen LogP contribution in [-0.4, -0.2) is 19.7 Å². The van der Waals surface area contributed by atoms with E-state index in [0.717, 1.165) is 0 Å². The van der Waals surface area contributed by atoms with Crippen LogP contribution in [0.1, 0.15) is 0 Å². The number of rotatable bonds is 2. The van der Waals surface area contributed by atoms with Gasteiger partial charge in [0.25, 0.3) is 0 Å². The molecule has 0 aromatic rings. The van der Waals surface area contributed by atoms with Crippen LogP contribution < -0.4 is 5.32 Å². The summed E-state index contributed by atoms with van der Waals surface area (Å²) in [5.41, 5.74) is 0. The molecule has 2 N–H and O–H groups in total. The molecule has 0 aliphatic heterocycles. The average molecular weight is 341 g/mol. The maximum absolute atomic E-state index is 10.5. The van der Waals surface area contributed by atoms with Crippen LogP contribution in [0.3, 0.4) is 0 Å². The molecule has 0 aromatic carbocycles. The second kappa shape index (κ2) is 4.74. The first-order chi connectivity index (χ1) is 3.68. The molecule has 1 amide bonds. The summed E-state index contributed by atoms with van der Waals surface area (Å²) in [4.78, 5) is 10.5. The van der Waals surface area contributed by atoms with Crippen molar-refractivity contribution in [2.24, 2.45) is 0 Å². The van der Waals surface area contributed by atoms with Crippen LogP contribution in [0, 0.1) is 0 Å². The Labute approximate surface area is 74.5 Å². The molecule has 0 rings (SSSR count). The van der Waals surface area contributed by atoms with Crippen LogP contribution in [0.4, 0.5) is 0 Å². The minimum atomic E-state index is -0.276. The molecule has 0 saturated carbocycles. The van der Waals surface area contributed by atoms with Crippen molar-refractivity contribution in [3.8, 4) is 0 Å². The molecule has 0 heterocycles. The number of carbonyl (C=O) groups excluding carboxylic acids is 1. The highest BCUT2D eigenvalue weighted by atomic mass is 127. The average Bonchev–Trinajstić information content (AvgIpc) is 1.67. The van der Waals surface area contributed by atoms with Gasteiger partial charge in [-0.1, -0.05) is 45.2 Å². The fourth-order valence-corrected chi connectivity index (χ4v) is 0.595. The Kier molecular flexibility index (Phi) is 5.27. The van der Waals surface area contributed by atoms with Gasteiger partial charge in [0.2, 0.25) is 5.91 Å². The van der Waals surface area contributed by atoms with E-state index in [9.17, 15) is 4.79 Å². The lowest BCUT2D eigenvalue weighted by Gasteiger charge is -1.99. The van der Waals surface area contributed by atoms with Gasteiger partial charge in [-0.2, -0.15) is 0 Å². The highest BCUT2D eigenvalue weighted by molar-refractivity contribution is 14.2. The van der Waals surface area contributed by atoms with Gasteiger partial charge in [0.05, 0.1) is 0 Å². The van der Waals surface area contributed by atoms with Gasteiger partial charge in [-0.25, -0.2) is 0 Å². The lowest BCUT2D eigenvalue weighted by atomic mass is 10.7. The number of nitrogens with one attached hydrogen (secondary N) is 1. The fraction of sp³-hybridized carbons (Fsp3) is 0.667. The number of alkyl halides is 2. The van der Waals surface area contributed by atoms with Gasteiger partial charge < -0.3 is 10.4 Å². The van der Waals surface area contributed by atoms with Crippen molar-refractivity contribution >= 4 is 51.1 Å². The predicted molar refractivity (Wildman–Crippen MR) is 47.1 cm³/mol. The van der Waals surface area contributed by atoms with Gasteiger partial charge in [0.15, 0.2) is 0 Å². The predicted octanol–water partition coefficient (Wildman–Crippen LogP) is 0.248. The van der Waals surface area contributed by atoms with E-state index in [1.54, 1.807) is 0 Å². The van der Waals surface area contributed by atoms with E-state index in [1.165, 1.54) is 0 Å². The third-order valence-electron chi connectivity index (χ3n) is 0.451. The first-order valence-corrected chi connectivity index (χ1v) is 4.34. The summed E-state index contributed by atoms with van der Waals surface area (Å²) in [6.45, 7) is -0.276. The largest absolute Gasteiger partial charge is 0.376 e. The zero-order valence-corrected chi connectivity index (χ0v) is 8.21. The maximum atomic E-state index is 10.5. The van der Waals surface area contributed by atoms with Crippen molar-refractivity contribution in [1.82, 2.24) is 5.32 Å². The molecule has 0 spiro atoms. The van der Waals surface area contributed by atoms with Gasteiger partial charge in [-0.15, -0.1) is 0 Å². The van der Waals surface area contributed by atoms with E-state index >= 15 is 0 Å². The van der Waals surface area contributed by atoms with E-state index in [0.29, 0.717) is 0 Å². The second-order valence-electron chi connectivity index (χ2n) is 1.000. The first-order valence-electron chi connectivity index (χ1n) is 1.85. The van der Waals surface area contributed by atoms with Crippen molar-refractivity contribution < 1.29 is 9.90 Å². The van der Waals surface area contributed by atoms with Crippen molar-refractivity contribution in [3.05, 3.63) is 0 Å². The SMILES string of the molecule is O=C(NCO)C(I)I. The van der Waals surface area contributed by atoms with Crippen molar-refractivity contribution in [2.75, 3.05) is 6.73 Å². The van der Waals surface area contributed by atoms with Crippen LogP contribution in [0.15, 0.2) is 0 Å². The molecule has 48 valence electrons. The monoisotopic (exact) mass is 341 g/mol. The summed E-state index contributed by atoms with van der Waals surface area (Å²) in [6, 6.07) is 0. The molecule has 0 fully saturated rings. The number of hydrogen-bond donors (Lipinski definition) is 2. The number of carbonyl (C=O) groups is 1.